The summed E-state index contributed by atoms with van der Waals surface area (Å²) in [7, 11) is 1.72. The van der Waals surface area contributed by atoms with Crippen LogP contribution in [0.25, 0.3) is 11.3 Å². The smallest absolute Gasteiger partial charge is 0.237 e. The van der Waals surface area contributed by atoms with Gasteiger partial charge in [0.05, 0.1) is 5.69 Å². The van der Waals surface area contributed by atoms with Crippen LogP contribution in [0.15, 0.2) is 35.4 Å². The standard InChI is InChI=1S/C23H30N6O2S/c1-14(2)9-17(24)13-31-20-11-19(22-15(3)7-6-8-16(22)4)25-23(26-20)28-32-21-10-18(12-30)29(5)27-21/h6-8,10-12,14,17H,9,13,24H2,1-5H3,(H,25,26,28). The van der Waals surface area contributed by atoms with Crippen molar-refractivity contribution in [2.24, 2.45) is 18.7 Å². The molecular weight excluding hydrogens is 424 g/mol. The van der Waals surface area contributed by atoms with Crippen molar-refractivity contribution >= 4 is 24.2 Å². The number of benzene rings is 1. The number of anilines is 1. The molecule has 0 fully saturated rings. The predicted octanol–water partition coefficient (Wildman–Crippen LogP) is 4.18. The number of carbonyl (C=O) groups is 1. The molecule has 8 nitrogen and oxygen atoms in total. The minimum Gasteiger partial charge on any atom is -0.476 e. The van der Waals surface area contributed by atoms with E-state index in [0.717, 1.165) is 35.1 Å². The van der Waals surface area contributed by atoms with Crippen LogP contribution in [-0.4, -0.2) is 38.7 Å². The largest absolute Gasteiger partial charge is 0.476 e. The zero-order valence-corrected chi connectivity index (χ0v) is 19.9. The molecule has 2 aromatic heterocycles. The molecule has 0 saturated heterocycles. The number of aromatic nitrogens is 4. The normalized spacial score (nSPS) is 12.1. The van der Waals surface area contributed by atoms with Crippen LogP contribution in [0.1, 0.15) is 41.9 Å². The Morgan fingerprint density at radius 2 is 1.94 bits per heavy atom. The Morgan fingerprint density at radius 1 is 1.22 bits per heavy atom. The number of ether oxygens (including phenoxy) is 1. The van der Waals surface area contributed by atoms with Gasteiger partial charge in [0.2, 0.25) is 11.8 Å². The molecule has 32 heavy (non-hydrogen) atoms. The van der Waals surface area contributed by atoms with Crippen LogP contribution in [0.5, 0.6) is 5.88 Å². The molecule has 0 aliphatic heterocycles. The lowest BCUT2D eigenvalue weighted by molar-refractivity contribution is 0.111. The maximum absolute atomic E-state index is 11.1. The average molecular weight is 455 g/mol. The highest BCUT2D eigenvalue weighted by Crippen LogP contribution is 2.30. The molecule has 1 atom stereocenters. The van der Waals surface area contributed by atoms with Gasteiger partial charge in [-0.3, -0.25) is 14.2 Å². The average Bonchev–Trinajstić information content (AvgIpc) is 3.10. The molecule has 0 amide bonds. The molecular formula is C23H30N6O2S. The fourth-order valence-electron chi connectivity index (χ4n) is 3.47. The molecule has 3 N–H and O–H groups in total. The fourth-order valence-corrected chi connectivity index (χ4v) is 4.10. The van der Waals surface area contributed by atoms with Crippen molar-refractivity contribution < 1.29 is 9.53 Å². The maximum Gasteiger partial charge on any atom is 0.237 e. The Kier molecular flexibility index (Phi) is 7.87. The zero-order valence-electron chi connectivity index (χ0n) is 19.1. The third kappa shape index (κ3) is 6.08. The van der Waals surface area contributed by atoms with E-state index in [9.17, 15) is 4.79 Å². The minimum atomic E-state index is -0.0744. The minimum absolute atomic E-state index is 0.0744. The Morgan fingerprint density at radius 3 is 2.56 bits per heavy atom. The molecule has 0 aliphatic carbocycles. The van der Waals surface area contributed by atoms with Crippen molar-refractivity contribution in [1.82, 2.24) is 19.7 Å². The molecule has 3 aromatic rings. The molecule has 170 valence electrons. The SMILES string of the molecule is Cc1cccc(C)c1-c1cc(OCC(N)CC(C)C)nc(NSc2cc(C=O)n(C)n2)n1. The molecule has 0 aliphatic rings. The second-order valence-corrected chi connectivity index (χ2v) is 9.06. The lowest BCUT2D eigenvalue weighted by Gasteiger charge is -2.16. The van der Waals surface area contributed by atoms with Gasteiger partial charge in [0.25, 0.3) is 0 Å². The van der Waals surface area contributed by atoms with E-state index in [1.165, 1.54) is 16.6 Å². The first-order valence-electron chi connectivity index (χ1n) is 10.5. The number of hydrogen-bond donors (Lipinski definition) is 2. The van der Waals surface area contributed by atoms with E-state index >= 15 is 0 Å². The summed E-state index contributed by atoms with van der Waals surface area (Å²) >= 11 is 1.23. The number of nitrogens with zero attached hydrogens (tertiary/aromatic N) is 4. The lowest BCUT2D eigenvalue weighted by Crippen LogP contribution is -2.29. The number of nitrogens with two attached hydrogens (primary N) is 1. The van der Waals surface area contributed by atoms with Crippen molar-refractivity contribution in [3.05, 3.63) is 47.2 Å². The summed E-state index contributed by atoms with van der Waals surface area (Å²) in [4.78, 5) is 20.3. The van der Waals surface area contributed by atoms with Gasteiger partial charge in [0.15, 0.2) is 6.29 Å². The number of aldehydes is 1. The van der Waals surface area contributed by atoms with Gasteiger partial charge < -0.3 is 10.5 Å². The van der Waals surface area contributed by atoms with Crippen LogP contribution in [0.2, 0.25) is 0 Å². The molecule has 1 unspecified atom stereocenters. The summed E-state index contributed by atoms with van der Waals surface area (Å²) in [6, 6.07) is 9.61. The third-order valence-corrected chi connectivity index (χ3v) is 5.61. The highest BCUT2D eigenvalue weighted by molar-refractivity contribution is 8.00. The monoisotopic (exact) mass is 454 g/mol. The second-order valence-electron chi connectivity index (χ2n) is 8.24. The highest BCUT2D eigenvalue weighted by Gasteiger charge is 2.14. The number of aryl methyl sites for hydroxylation is 3. The van der Waals surface area contributed by atoms with Crippen LogP contribution in [0, 0.1) is 19.8 Å². The second kappa shape index (κ2) is 10.6. The highest BCUT2D eigenvalue weighted by atomic mass is 32.2. The van der Waals surface area contributed by atoms with Crippen molar-refractivity contribution in [1.29, 1.82) is 0 Å². The quantitative estimate of drug-likeness (QED) is 0.347. The first kappa shape index (κ1) is 23.7. The van der Waals surface area contributed by atoms with Crippen LogP contribution >= 0.6 is 11.9 Å². The Labute approximate surface area is 193 Å². The lowest BCUT2D eigenvalue weighted by atomic mass is 10.00. The first-order chi connectivity index (χ1) is 15.3. The molecule has 0 bridgehead atoms. The van der Waals surface area contributed by atoms with Gasteiger partial charge in [-0.1, -0.05) is 32.0 Å². The number of rotatable bonds is 10. The summed E-state index contributed by atoms with van der Waals surface area (Å²) < 4.78 is 10.6. The summed E-state index contributed by atoms with van der Waals surface area (Å²) in [5.41, 5.74) is 10.7. The Hall–Kier alpha value is -2.91. The number of nitrogens with one attached hydrogen (secondary N) is 1. The van der Waals surface area contributed by atoms with E-state index in [4.69, 9.17) is 15.5 Å². The van der Waals surface area contributed by atoms with E-state index in [0.29, 0.717) is 35.1 Å². The first-order valence-corrected chi connectivity index (χ1v) is 11.3. The molecule has 0 radical (unpaired) electrons. The summed E-state index contributed by atoms with van der Waals surface area (Å²) in [5.74, 6) is 1.34. The van der Waals surface area contributed by atoms with Crippen LogP contribution in [-0.2, 0) is 7.05 Å². The molecule has 0 spiro atoms. The van der Waals surface area contributed by atoms with Gasteiger partial charge in [0, 0.05) is 42.7 Å². The van der Waals surface area contributed by atoms with E-state index in [-0.39, 0.29) is 6.04 Å². The van der Waals surface area contributed by atoms with Crippen LogP contribution < -0.4 is 15.2 Å². The number of carbonyl (C=O) groups excluding carboxylic acids is 1. The predicted molar refractivity (Wildman–Crippen MR) is 128 cm³/mol. The fraction of sp³-hybridized carbons (Fsp3) is 0.391. The van der Waals surface area contributed by atoms with Gasteiger partial charge in [-0.05, 0) is 37.3 Å². The number of hydrogen-bond acceptors (Lipinski definition) is 8. The van der Waals surface area contributed by atoms with Crippen molar-refractivity contribution in [3.63, 3.8) is 0 Å². The van der Waals surface area contributed by atoms with E-state index in [1.54, 1.807) is 13.1 Å². The molecule has 3 rings (SSSR count). The third-order valence-electron chi connectivity index (χ3n) is 4.92. The summed E-state index contributed by atoms with van der Waals surface area (Å²) in [5, 5.41) is 4.93. The maximum atomic E-state index is 11.1. The summed E-state index contributed by atoms with van der Waals surface area (Å²) in [6.45, 7) is 8.75. The van der Waals surface area contributed by atoms with Crippen LogP contribution in [0.4, 0.5) is 5.95 Å². The van der Waals surface area contributed by atoms with E-state index < -0.39 is 0 Å². The zero-order chi connectivity index (χ0) is 23.3. The van der Waals surface area contributed by atoms with Crippen molar-refractivity contribution in [3.8, 4) is 17.1 Å². The van der Waals surface area contributed by atoms with Gasteiger partial charge in [0.1, 0.15) is 17.3 Å². The van der Waals surface area contributed by atoms with E-state index in [2.05, 4.69) is 54.6 Å². The van der Waals surface area contributed by atoms with Crippen molar-refractivity contribution in [2.45, 2.75) is 45.2 Å². The van der Waals surface area contributed by atoms with Crippen molar-refractivity contribution in [2.75, 3.05) is 11.3 Å². The van der Waals surface area contributed by atoms with Gasteiger partial charge >= 0.3 is 0 Å². The van der Waals surface area contributed by atoms with Gasteiger partial charge in [-0.25, -0.2) is 4.98 Å². The summed E-state index contributed by atoms with van der Waals surface area (Å²) in [6.07, 6.45) is 1.63. The van der Waals surface area contributed by atoms with Crippen LogP contribution in [0.3, 0.4) is 0 Å². The van der Waals surface area contributed by atoms with Gasteiger partial charge in [-0.2, -0.15) is 10.1 Å². The molecule has 2 heterocycles. The molecule has 1 aromatic carbocycles. The van der Waals surface area contributed by atoms with E-state index in [1.807, 2.05) is 12.1 Å². The van der Waals surface area contributed by atoms with Gasteiger partial charge in [-0.15, -0.1) is 0 Å². The molecule has 0 saturated carbocycles. The topological polar surface area (TPSA) is 108 Å². The molecule has 9 heteroatoms. The Bertz CT molecular complexity index is 1060. The Balaban J connectivity index is 1.88.